The maximum Gasteiger partial charge on any atom is 0.249 e. The fraction of sp³-hybridized carbons (Fsp3) is 0.964. The van der Waals surface area contributed by atoms with Crippen LogP contribution in [0, 0.1) is 11.8 Å². The molecule has 8 nitrogen and oxygen atoms in total. The van der Waals surface area contributed by atoms with Crippen LogP contribution in [-0.4, -0.2) is 73.0 Å². The molecule has 7 atom stereocenters. The van der Waals surface area contributed by atoms with Crippen molar-refractivity contribution in [2.45, 2.75) is 135 Å². The van der Waals surface area contributed by atoms with E-state index < -0.39 is 30.5 Å². The first-order valence-corrected chi connectivity index (χ1v) is 14.8. The van der Waals surface area contributed by atoms with Crippen LogP contribution in [0.25, 0.3) is 0 Å². The van der Waals surface area contributed by atoms with Crippen molar-refractivity contribution in [3.05, 3.63) is 0 Å². The fourth-order valence-electron chi connectivity index (χ4n) is 4.95. The van der Waals surface area contributed by atoms with Gasteiger partial charge in [-0.15, -0.1) is 0 Å². The predicted octanol–water partition coefficient (Wildman–Crippen LogP) is 3.48. The number of aliphatic hydroxyl groups is 2. The Kier molecular flexibility index (Phi) is 18.7. The molecule has 0 aromatic heterocycles. The lowest BCUT2D eigenvalue weighted by Gasteiger charge is -2.45. The molecule has 1 saturated heterocycles. The first kappa shape index (κ1) is 33.3. The number of hydrogen-bond donors (Lipinski definition) is 5. The summed E-state index contributed by atoms with van der Waals surface area (Å²) in [6, 6.07) is 0. The van der Waals surface area contributed by atoms with Crippen LogP contribution in [0.4, 0.5) is 0 Å². The van der Waals surface area contributed by atoms with Gasteiger partial charge >= 0.3 is 0 Å². The Labute approximate surface area is 220 Å². The molecule has 0 aliphatic carbocycles. The highest BCUT2D eigenvalue weighted by Crippen LogP contribution is 2.38. The Morgan fingerprint density at radius 3 is 2.25 bits per heavy atom. The summed E-state index contributed by atoms with van der Waals surface area (Å²) in [5, 5.41) is 28.6. The largest absolute Gasteiger partial charge is 0.390 e. The summed E-state index contributed by atoms with van der Waals surface area (Å²) in [6.45, 7) is 11.3. The van der Waals surface area contributed by atoms with Gasteiger partial charge in [0.1, 0.15) is 12.2 Å². The summed E-state index contributed by atoms with van der Waals surface area (Å²) in [6.07, 6.45) is 7.73. The molecular formula is C28H57N3O5. The zero-order chi connectivity index (χ0) is 26.8. The number of hydrogen-bond acceptors (Lipinski definition) is 7. The summed E-state index contributed by atoms with van der Waals surface area (Å²) in [5.41, 5.74) is 5.52. The van der Waals surface area contributed by atoms with E-state index in [-0.39, 0.29) is 17.9 Å². The second kappa shape index (κ2) is 20.2. The quantitative estimate of drug-likeness (QED) is 0.148. The normalized spacial score (nSPS) is 26.0. The van der Waals surface area contributed by atoms with Gasteiger partial charge in [-0.05, 0) is 71.0 Å². The topological polar surface area (TPSA) is 126 Å². The zero-order valence-corrected chi connectivity index (χ0v) is 23.6. The highest BCUT2D eigenvalue weighted by Gasteiger charge is 2.50. The van der Waals surface area contributed by atoms with Crippen LogP contribution >= 0.6 is 0 Å². The van der Waals surface area contributed by atoms with E-state index in [0.29, 0.717) is 13.1 Å². The third-order valence-corrected chi connectivity index (χ3v) is 7.39. The van der Waals surface area contributed by atoms with Gasteiger partial charge in [-0.1, -0.05) is 59.3 Å². The predicted molar refractivity (Wildman–Crippen MR) is 146 cm³/mol. The molecule has 1 amide bonds. The van der Waals surface area contributed by atoms with Crippen molar-refractivity contribution in [1.29, 1.82) is 0 Å². The molecule has 36 heavy (non-hydrogen) atoms. The summed E-state index contributed by atoms with van der Waals surface area (Å²) in [5.74, 6) is -0.559. The zero-order valence-electron chi connectivity index (χ0n) is 23.6. The summed E-state index contributed by atoms with van der Waals surface area (Å²) < 4.78 is 12.0. The highest BCUT2D eigenvalue weighted by atomic mass is 16.7. The maximum atomic E-state index is 13.4. The lowest BCUT2D eigenvalue weighted by Crippen LogP contribution is -2.61. The van der Waals surface area contributed by atoms with Gasteiger partial charge in [-0.3, -0.25) is 4.79 Å². The van der Waals surface area contributed by atoms with Crippen LogP contribution in [0.2, 0.25) is 0 Å². The number of unbranched alkanes of at least 4 members (excludes halogenated alkanes) is 5. The SMILES string of the molecule is CCCCCCC(CCCC)C1C(C(=O)NCCCCNCCCN)OC(OC(C)CC)C(O)C1O. The smallest absolute Gasteiger partial charge is 0.249 e. The summed E-state index contributed by atoms with van der Waals surface area (Å²) in [7, 11) is 0. The molecule has 1 aliphatic heterocycles. The van der Waals surface area contributed by atoms with Crippen LogP contribution < -0.4 is 16.4 Å². The van der Waals surface area contributed by atoms with Crippen molar-refractivity contribution in [1.82, 2.24) is 10.6 Å². The minimum Gasteiger partial charge on any atom is -0.390 e. The van der Waals surface area contributed by atoms with Crippen molar-refractivity contribution in [3.8, 4) is 0 Å². The molecule has 0 spiro atoms. The lowest BCUT2D eigenvalue weighted by atomic mass is 9.74. The van der Waals surface area contributed by atoms with E-state index in [0.717, 1.165) is 83.7 Å². The molecule has 0 bridgehead atoms. The van der Waals surface area contributed by atoms with Gasteiger partial charge in [0.25, 0.3) is 0 Å². The second-order valence-corrected chi connectivity index (χ2v) is 10.5. The van der Waals surface area contributed by atoms with Gasteiger partial charge < -0.3 is 36.1 Å². The van der Waals surface area contributed by atoms with Crippen molar-refractivity contribution in [3.63, 3.8) is 0 Å². The van der Waals surface area contributed by atoms with E-state index in [2.05, 4.69) is 24.5 Å². The molecule has 0 aromatic rings. The number of nitrogens with one attached hydrogen (secondary N) is 2. The Hall–Kier alpha value is -0.770. The molecule has 1 aliphatic rings. The van der Waals surface area contributed by atoms with Gasteiger partial charge in [0.05, 0.1) is 12.2 Å². The third kappa shape index (κ3) is 12.2. The van der Waals surface area contributed by atoms with Gasteiger partial charge in [0.2, 0.25) is 5.91 Å². The van der Waals surface area contributed by atoms with Crippen molar-refractivity contribution >= 4 is 5.91 Å². The Morgan fingerprint density at radius 2 is 1.58 bits per heavy atom. The molecule has 214 valence electrons. The molecule has 6 N–H and O–H groups in total. The first-order chi connectivity index (χ1) is 17.4. The molecule has 0 radical (unpaired) electrons. The van der Waals surface area contributed by atoms with Gasteiger partial charge in [-0.2, -0.15) is 0 Å². The standard InChI is InChI=1S/C28H57N3O5/c1-5-8-10-11-16-22(15-9-6-2)23-24(32)25(33)28(35-21(4)7-3)36-26(23)27(34)31-20-13-12-18-30-19-14-17-29/h21-26,28,30,32-33H,5-20,29H2,1-4H3,(H,31,34). The summed E-state index contributed by atoms with van der Waals surface area (Å²) in [4.78, 5) is 13.4. The summed E-state index contributed by atoms with van der Waals surface area (Å²) >= 11 is 0. The molecule has 1 heterocycles. The van der Waals surface area contributed by atoms with Gasteiger partial charge in [-0.25, -0.2) is 0 Å². The molecule has 1 fully saturated rings. The van der Waals surface area contributed by atoms with Crippen LogP contribution in [0.1, 0.15) is 105 Å². The molecule has 0 aromatic carbocycles. The minimum atomic E-state index is -1.17. The van der Waals surface area contributed by atoms with E-state index >= 15 is 0 Å². The highest BCUT2D eigenvalue weighted by molar-refractivity contribution is 5.81. The van der Waals surface area contributed by atoms with Crippen molar-refractivity contribution in [2.24, 2.45) is 17.6 Å². The van der Waals surface area contributed by atoms with E-state index in [1.807, 2.05) is 13.8 Å². The molecule has 7 unspecified atom stereocenters. The average molecular weight is 516 g/mol. The van der Waals surface area contributed by atoms with Crippen molar-refractivity contribution in [2.75, 3.05) is 26.2 Å². The molecular weight excluding hydrogens is 458 g/mol. The van der Waals surface area contributed by atoms with E-state index in [9.17, 15) is 15.0 Å². The fourth-order valence-corrected chi connectivity index (χ4v) is 4.95. The van der Waals surface area contributed by atoms with Gasteiger partial charge in [0.15, 0.2) is 6.29 Å². The Morgan fingerprint density at radius 1 is 0.917 bits per heavy atom. The lowest BCUT2D eigenvalue weighted by molar-refractivity contribution is -0.296. The second-order valence-electron chi connectivity index (χ2n) is 10.5. The monoisotopic (exact) mass is 515 g/mol. The number of nitrogens with two attached hydrogens (primary N) is 1. The van der Waals surface area contributed by atoms with Crippen molar-refractivity contribution < 1.29 is 24.5 Å². The van der Waals surface area contributed by atoms with Crippen LogP contribution in [0.3, 0.4) is 0 Å². The molecule has 8 heteroatoms. The Balaban J connectivity index is 2.89. The number of carbonyl (C=O) groups excluding carboxylic acids is 1. The average Bonchev–Trinajstić information content (AvgIpc) is 2.88. The number of aliphatic hydroxyl groups excluding tert-OH is 2. The Bertz CT molecular complexity index is 553. The van der Waals surface area contributed by atoms with E-state index in [1.165, 1.54) is 6.42 Å². The first-order valence-electron chi connectivity index (χ1n) is 14.8. The molecule has 1 rings (SSSR count). The van der Waals surface area contributed by atoms with Crippen LogP contribution in [-0.2, 0) is 14.3 Å². The minimum absolute atomic E-state index is 0.110. The number of carbonyl (C=O) groups is 1. The van der Waals surface area contributed by atoms with E-state index in [1.54, 1.807) is 0 Å². The van der Waals surface area contributed by atoms with Gasteiger partial charge in [0, 0.05) is 12.5 Å². The number of amides is 1. The van der Waals surface area contributed by atoms with Crippen LogP contribution in [0.15, 0.2) is 0 Å². The number of ether oxygens (including phenoxy) is 2. The maximum absolute atomic E-state index is 13.4. The molecule has 0 saturated carbocycles. The third-order valence-electron chi connectivity index (χ3n) is 7.39. The van der Waals surface area contributed by atoms with E-state index in [4.69, 9.17) is 15.2 Å². The number of rotatable bonds is 21. The van der Waals surface area contributed by atoms with Crippen LogP contribution in [0.5, 0.6) is 0 Å².